The summed E-state index contributed by atoms with van der Waals surface area (Å²) >= 11 is 0. The van der Waals surface area contributed by atoms with E-state index in [9.17, 15) is 4.79 Å². The van der Waals surface area contributed by atoms with Crippen molar-refractivity contribution in [1.82, 2.24) is 9.88 Å². The van der Waals surface area contributed by atoms with Gasteiger partial charge >= 0.3 is 0 Å². The number of aryl methyl sites for hydroxylation is 1. The van der Waals surface area contributed by atoms with Gasteiger partial charge in [0.1, 0.15) is 5.75 Å². The van der Waals surface area contributed by atoms with E-state index in [4.69, 9.17) is 4.74 Å². The monoisotopic (exact) mass is 410 g/mol. The molecule has 0 saturated heterocycles. The maximum Gasteiger partial charge on any atom is 0.253 e. The quantitative estimate of drug-likeness (QED) is 0.568. The standard InChI is InChI=1S/C26H38N2O2/c1-6-18(3)27-26(29)23-16-25(24-15-22(30-5)14-13-21(24)7-2)28(19(23)4)17-20-11-9-8-10-12-20/h13-16,18,20H,6-12,17H2,1-5H3,(H,27,29)/t18-/m0/s1. The molecule has 1 aliphatic carbocycles. The van der Waals surface area contributed by atoms with Crippen LogP contribution >= 0.6 is 0 Å². The van der Waals surface area contributed by atoms with E-state index in [1.807, 2.05) is 6.07 Å². The number of hydrogen-bond acceptors (Lipinski definition) is 2. The van der Waals surface area contributed by atoms with Crippen LogP contribution < -0.4 is 10.1 Å². The van der Waals surface area contributed by atoms with Crippen molar-refractivity contribution in [2.45, 2.75) is 85.2 Å². The van der Waals surface area contributed by atoms with Gasteiger partial charge < -0.3 is 14.6 Å². The number of rotatable bonds is 8. The first-order chi connectivity index (χ1) is 14.5. The third-order valence-corrected chi connectivity index (χ3v) is 6.74. The average Bonchev–Trinajstić information content (AvgIpc) is 3.09. The Morgan fingerprint density at radius 2 is 1.93 bits per heavy atom. The molecule has 1 fully saturated rings. The summed E-state index contributed by atoms with van der Waals surface area (Å²) in [6.07, 6.45) is 8.43. The van der Waals surface area contributed by atoms with Crippen LogP contribution in [0.2, 0.25) is 0 Å². The van der Waals surface area contributed by atoms with Crippen molar-refractivity contribution < 1.29 is 9.53 Å². The molecule has 3 rings (SSSR count). The van der Waals surface area contributed by atoms with Crippen LogP contribution in [0.3, 0.4) is 0 Å². The van der Waals surface area contributed by atoms with Gasteiger partial charge in [0.15, 0.2) is 0 Å². The molecule has 0 radical (unpaired) electrons. The van der Waals surface area contributed by atoms with E-state index in [1.54, 1.807) is 7.11 Å². The van der Waals surface area contributed by atoms with Crippen LogP contribution in [0.25, 0.3) is 11.3 Å². The Bertz CT molecular complexity index is 862. The van der Waals surface area contributed by atoms with E-state index in [0.717, 1.165) is 42.1 Å². The summed E-state index contributed by atoms with van der Waals surface area (Å²) < 4.78 is 7.93. The minimum atomic E-state index is 0.0337. The number of nitrogens with one attached hydrogen (secondary N) is 1. The van der Waals surface area contributed by atoms with Gasteiger partial charge in [-0.15, -0.1) is 0 Å². The van der Waals surface area contributed by atoms with Crippen molar-refractivity contribution in [3.63, 3.8) is 0 Å². The lowest BCUT2D eigenvalue weighted by Gasteiger charge is -2.25. The Kier molecular flexibility index (Phi) is 7.63. The molecule has 1 aliphatic rings. The van der Waals surface area contributed by atoms with Crippen molar-refractivity contribution >= 4 is 5.91 Å². The van der Waals surface area contributed by atoms with Gasteiger partial charge in [0.2, 0.25) is 0 Å². The van der Waals surface area contributed by atoms with E-state index in [1.165, 1.54) is 43.2 Å². The zero-order valence-electron chi connectivity index (χ0n) is 19.4. The van der Waals surface area contributed by atoms with Gasteiger partial charge in [0.05, 0.1) is 12.7 Å². The number of methoxy groups -OCH3 is 1. The minimum Gasteiger partial charge on any atom is -0.497 e. The Labute approximate surface area is 182 Å². The van der Waals surface area contributed by atoms with Gasteiger partial charge in [-0.25, -0.2) is 0 Å². The number of hydrogen-bond donors (Lipinski definition) is 1. The first-order valence-electron chi connectivity index (χ1n) is 11.7. The molecular formula is C26H38N2O2. The number of aromatic nitrogens is 1. The molecular weight excluding hydrogens is 372 g/mol. The van der Waals surface area contributed by atoms with Crippen LogP contribution in [0.1, 0.15) is 80.9 Å². The van der Waals surface area contributed by atoms with Crippen LogP contribution in [0.15, 0.2) is 24.3 Å². The second-order valence-electron chi connectivity index (χ2n) is 8.80. The molecule has 1 heterocycles. The summed E-state index contributed by atoms with van der Waals surface area (Å²) in [5.74, 6) is 1.58. The smallest absolute Gasteiger partial charge is 0.253 e. The number of benzene rings is 1. The lowest BCUT2D eigenvalue weighted by atomic mass is 9.89. The maximum absolute atomic E-state index is 13.1. The van der Waals surface area contributed by atoms with E-state index in [-0.39, 0.29) is 11.9 Å². The number of amides is 1. The maximum atomic E-state index is 13.1. The number of nitrogens with zero attached hydrogens (tertiary/aromatic N) is 1. The highest BCUT2D eigenvalue weighted by molar-refractivity contribution is 5.97. The second-order valence-corrected chi connectivity index (χ2v) is 8.80. The molecule has 1 N–H and O–H groups in total. The summed E-state index contributed by atoms with van der Waals surface area (Å²) in [6, 6.07) is 8.58. The molecule has 0 unspecified atom stereocenters. The van der Waals surface area contributed by atoms with Crippen molar-refractivity contribution in [3.05, 3.63) is 41.1 Å². The van der Waals surface area contributed by atoms with Crippen LogP contribution in [0, 0.1) is 12.8 Å². The molecule has 0 bridgehead atoms. The van der Waals surface area contributed by atoms with E-state index >= 15 is 0 Å². The van der Waals surface area contributed by atoms with E-state index in [0.29, 0.717) is 5.92 Å². The molecule has 4 heteroatoms. The molecule has 2 aromatic rings. The van der Waals surface area contributed by atoms with Gasteiger partial charge in [-0.3, -0.25) is 4.79 Å². The second kappa shape index (κ2) is 10.2. The molecule has 0 spiro atoms. The van der Waals surface area contributed by atoms with Gasteiger partial charge in [0, 0.05) is 29.5 Å². The fourth-order valence-electron chi connectivity index (χ4n) is 4.59. The first kappa shape index (κ1) is 22.5. The predicted octanol–water partition coefficient (Wildman–Crippen LogP) is 6.14. The highest BCUT2D eigenvalue weighted by atomic mass is 16.5. The van der Waals surface area contributed by atoms with E-state index in [2.05, 4.69) is 55.8 Å². The highest BCUT2D eigenvalue weighted by Gasteiger charge is 2.23. The fourth-order valence-corrected chi connectivity index (χ4v) is 4.59. The molecule has 1 atom stereocenters. The highest BCUT2D eigenvalue weighted by Crippen LogP contribution is 2.34. The van der Waals surface area contributed by atoms with Crippen LogP contribution in [0.5, 0.6) is 5.75 Å². The Hall–Kier alpha value is -2.23. The van der Waals surface area contributed by atoms with Crippen LogP contribution in [0.4, 0.5) is 0 Å². The molecule has 1 saturated carbocycles. The fraction of sp³-hybridized carbons (Fsp3) is 0.577. The normalized spacial score (nSPS) is 15.8. The molecule has 164 valence electrons. The summed E-state index contributed by atoms with van der Waals surface area (Å²) in [5.41, 5.74) is 5.47. The van der Waals surface area contributed by atoms with Crippen molar-refractivity contribution in [2.24, 2.45) is 5.92 Å². The number of ether oxygens (including phenoxy) is 1. The zero-order chi connectivity index (χ0) is 21.7. The topological polar surface area (TPSA) is 43.3 Å². The minimum absolute atomic E-state index is 0.0337. The van der Waals surface area contributed by atoms with Crippen molar-refractivity contribution in [3.8, 4) is 17.0 Å². The molecule has 1 aromatic heterocycles. The molecule has 1 aromatic carbocycles. The van der Waals surface area contributed by atoms with Gasteiger partial charge in [0.25, 0.3) is 5.91 Å². The van der Waals surface area contributed by atoms with Crippen LogP contribution in [-0.4, -0.2) is 23.6 Å². The molecule has 0 aliphatic heterocycles. The van der Waals surface area contributed by atoms with Gasteiger partial charge in [-0.05, 0) is 69.2 Å². The Balaban J connectivity index is 2.08. The lowest BCUT2D eigenvalue weighted by molar-refractivity contribution is 0.0938. The van der Waals surface area contributed by atoms with Crippen LogP contribution in [-0.2, 0) is 13.0 Å². The number of carbonyl (C=O) groups is 1. The van der Waals surface area contributed by atoms with Crippen molar-refractivity contribution in [2.75, 3.05) is 7.11 Å². The largest absolute Gasteiger partial charge is 0.497 e. The summed E-state index contributed by atoms with van der Waals surface area (Å²) in [6.45, 7) is 9.43. The Morgan fingerprint density at radius 1 is 1.20 bits per heavy atom. The third-order valence-electron chi connectivity index (χ3n) is 6.74. The van der Waals surface area contributed by atoms with Crippen molar-refractivity contribution in [1.29, 1.82) is 0 Å². The van der Waals surface area contributed by atoms with Gasteiger partial charge in [-0.2, -0.15) is 0 Å². The summed E-state index contributed by atoms with van der Waals surface area (Å²) in [5, 5.41) is 3.16. The first-order valence-corrected chi connectivity index (χ1v) is 11.7. The molecule has 4 nitrogen and oxygen atoms in total. The average molecular weight is 411 g/mol. The zero-order valence-corrected chi connectivity index (χ0v) is 19.4. The van der Waals surface area contributed by atoms with E-state index < -0.39 is 0 Å². The predicted molar refractivity (Wildman–Crippen MR) is 124 cm³/mol. The number of carbonyl (C=O) groups excluding carboxylic acids is 1. The third kappa shape index (κ3) is 4.91. The van der Waals surface area contributed by atoms with Gasteiger partial charge in [-0.1, -0.05) is 39.2 Å². The lowest BCUT2D eigenvalue weighted by Crippen LogP contribution is -2.32. The SMILES string of the molecule is CCc1ccc(OC)cc1-c1cc(C(=O)N[C@@H](C)CC)c(C)n1CC1CCCCC1. The molecule has 1 amide bonds. The summed E-state index contributed by atoms with van der Waals surface area (Å²) in [7, 11) is 1.71. The molecule has 30 heavy (non-hydrogen) atoms. The Morgan fingerprint density at radius 3 is 2.57 bits per heavy atom. The summed E-state index contributed by atoms with van der Waals surface area (Å²) in [4.78, 5) is 13.1.